The third kappa shape index (κ3) is 2.50. The van der Waals surface area contributed by atoms with E-state index in [0.29, 0.717) is 10.6 Å². The summed E-state index contributed by atoms with van der Waals surface area (Å²) in [5, 5.41) is 13.7. The number of fused-ring (bicyclic) bond motifs is 1. The van der Waals surface area contributed by atoms with E-state index in [0.717, 1.165) is 11.1 Å². The topological polar surface area (TPSA) is 66.4 Å². The summed E-state index contributed by atoms with van der Waals surface area (Å²) < 4.78 is 13.9. The number of benzene rings is 1. The van der Waals surface area contributed by atoms with E-state index in [1.54, 1.807) is 12.1 Å². The molecule has 1 aromatic carbocycles. The smallest absolute Gasteiger partial charge is 0.311 e. The van der Waals surface area contributed by atoms with Gasteiger partial charge in [-0.1, -0.05) is 12.1 Å². The summed E-state index contributed by atoms with van der Waals surface area (Å²) in [6.45, 7) is 1.96. The van der Waals surface area contributed by atoms with Gasteiger partial charge in [-0.25, -0.2) is 4.39 Å². The molecule has 2 N–H and O–H groups in total. The van der Waals surface area contributed by atoms with Crippen LogP contribution in [0.25, 0.3) is 0 Å². The number of thiophene rings is 1. The van der Waals surface area contributed by atoms with E-state index < -0.39 is 18.2 Å². The lowest BCUT2D eigenvalue weighted by Gasteiger charge is -2.14. The molecule has 6 heteroatoms. The van der Waals surface area contributed by atoms with Gasteiger partial charge in [-0.2, -0.15) is 0 Å². The number of halogens is 1. The van der Waals surface area contributed by atoms with Crippen molar-refractivity contribution in [1.29, 1.82) is 0 Å². The third-order valence-electron chi connectivity index (χ3n) is 3.82. The molecule has 0 spiro atoms. The van der Waals surface area contributed by atoms with Crippen LogP contribution in [-0.4, -0.2) is 22.9 Å². The summed E-state index contributed by atoms with van der Waals surface area (Å²) in [6, 6.07) is 6.68. The Bertz CT molecular complexity index is 756. The Morgan fingerprint density at radius 3 is 2.91 bits per heavy atom. The number of hydrogen-bond acceptors (Lipinski definition) is 4. The number of Topliss-reactive ketones (excluding diaryl/α,β-unsaturated/α-hetero) is 1. The van der Waals surface area contributed by atoms with Gasteiger partial charge < -0.3 is 10.4 Å². The molecule has 0 radical (unpaired) electrons. The third-order valence-corrected chi connectivity index (χ3v) is 4.81. The molecule has 114 valence electrons. The monoisotopic (exact) mass is 319 g/mol. The number of carboxylic acids is 1. The lowest BCUT2D eigenvalue weighted by molar-refractivity contribution is -0.135. The van der Waals surface area contributed by atoms with E-state index >= 15 is 0 Å². The van der Waals surface area contributed by atoms with Crippen LogP contribution in [-0.2, 0) is 4.79 Å². The minimum Gasteiger partial charge on any atom is -0.481 e. The quantitative estimate of drug-likeness (QED) is 0.669. The van der Waals surface area contributed by atoms with Crippen LogP contribution < -0.4 is 5.32 Å². The molecule has 2 unspecified atom stereocenters. The first kappa shape index (κ1) is 14.7. The molecule has 0 saturated carbocycles. The fraction of sp³-hybridized carbons (Fsp3) is 0.250. The zero-order valence-corrected chi connectivity index (χ0v) is 12.6. The molecule has 3 rings (SSSR count). The second-order valence-electron chi connectivity index (χ2n) is 5.35. The molecule has 2 heterocycles. The van der Waals surface area contributed by atoms with Crippen LogP contribution in [0.5, 0.6) is 0 Å². The fourth-order valence-corrected chi connectivity index (χ4v) is 3.77. The predicted octanol–water partition coefficient (Wildman–Crippen LogP) is 3.49. The fourth-order valence-electron chi connectivity index (χ4n) is 2.89. The van der Waals surface area contributed by atoms with E-state index in [4.69, 9.17) is 5.11 Å². The van der Waals surface area contributed by atoms with E-state index in [-0.39, 0.29) is 17.8 Å². The predicted molar refractivity (Wildman–Crippen MR) is 82.2 cm³/mol. The number of hydrogen-bond donors (Lipinski definition) is 2. The van der Waals surface area contributed by atoms with Crippen LogP contribution in [0.15, 0.2) is 29.6 Å². The lowest BCUT2D eigenvalue weighted by atomic mass is 9.90. The Morgan fingerprint density at radius 1 is 1.41 bits per heavy atom. The van der Waals surface area contributed by atoms with Crippen molar-refractivity contribution in [2.75, 3.05) is 5.32 Å². The summed E-state index contributed by atoms with van der Waals surface area (Å²) in [4.78, 5) is 22.9. The van der Waals surface area contributed by atoms with Gasteiger partial charge in [0.2, 0.25) is 0 Å². The molecule has 0 fully saturated rings. The zero-order valence-electron chi connectivity index (χ0n) is 11.8. The lowest BCUT2D eigenvalue weighted by Crippen LogP contribution is -2.16. The number of ketones is 1. The number of carbonyl (C=O) groups is 2. The van der Waals surface area contributed by atoms with Gasteiger partial charge in [0.25, 0.3) is 0 Å². The van der Waals surface area contributed by atoms with Crippen molar-refractivity contribution >= 4 is 28.8 Å². The molecular formula is C16H14FNO3S. The summed E-state index contributed by atoms with van der Waals surface area (Å²) in [7, 11) is 0. The van der Waals surface area contributed by atoms with Gasteiger partial charge in [-0.15, -0.1) is 11.3 Å². The normalized spacial score (nSPS) is 19.5. The maximum absolute atomic E-state index is 13.9. The Labute approximate surface area is 130 Å². The average Bonchev–Trinajstić information content (AvgIpc) is 3.02. The number of aliphatic carboxylic acids is 1. The maximum Gasteiger partial charge on any atom is 0.311 e. The van der Waals surface area contributed by atoms with Crippen molar-refractivity contribution in [3.8, 4) is 0 Å². The second-order valence-corrected chi connectivity index (χ2v) is 6.26. The molecule has 1 aliphatic heterocycles. The Kier molecular flexibility index (Phi) is 3.70. The van der Waals surface area contributed by atoms with E-state index in [2.05, 4.69) is 5.32 Å². The van der Waals surface area contributed by atoms with Gasteiger partial charge in [0.1, 0.15) is 12.2 Å². The SMILES string of the molecule is CC1Nc2c(F)cccc2C1c1csc(C(=O)CC(=O)O)c1. The largest absolute Gasteiger partial charge is 0.481 e. The van der Waals surface area contributed by atoms with Crippen molar-refractivity contribution in [3.63, 3.8) is 0 Å². The molecule has 1 aliphatic rings. The minimum absolute atomic E-state index is 0.00363. The van der Waals surface area contributed by atoms with Crippen LogP contribution in [0.4, 0.5) is 10.1 Å². The molecule has 0 aliphatic carbocycles. The molecular weight excluding hydrogens is 305 g/mol. The van der Waals surface area contributed by atoms with Crippen LogP contribution in [0.3, 0.4) is 0 Å². The standard InChI is InChI=1S/C16H14FNO3S/c1-8-15(10-3-2-4-11(17)16(10)18-8)9-5-13(22-7-9)12(19)6-14(20)21/h2-5,7-8,15,18H,6H2,1H3,(H,20,21). The van der Waals surface area contributed by atoms with Crippen LogP contribution in [0.2, 0.25) is 0 Å². The highest BCUT2D eigenvalue weighted by molar-refractivity contribution is 7.12. The van der Waals surface area contributed by atoms with Gasteiger partial charge in [0, 0.05) is 12.0 Å². The minimum atomic E-state index is -1.14. The highest BCUT2D eigenvalue weighted by Gasteiger charge is 2.33. The van der Waals surface area contributed by atoms with Gasteiger partial charge in [-0.3, -0.25) is 9.59 Å². The van der Waals surface area contributed by atoms with Crippen molar-refractivity contribution in [2.45, 2.75) is 25.3 Å². The van der Waals surface area contributed by atoms with Gasteiger partial charge >= 0.3 is 5.97 Å². The Hall–Kier alpha value is -2.21. The van der Waals surface area contributed by atoms with Crippen LogP contribution in [0, 0.1) is 5.82 Å². The summed E-state index contributed by atoms with van der Waals surface area (Å²) in [5.74, 6) is -1.87. The number of rotatable bonds is 4. The number of carbonyl (C=O) groups excluding carboxylic acids is 1. The average molecular weight is 319 g/mol. The molecule has 22 heavy (non-hydrogen) atoms. The Balaban J connectivity index is 1.93. The molecule has 0 amide bonds. The molecule has 0 saturated heterocycles. The maximum atomic E-state index is 13.9. The van der Waals surface area contributed by atoms with E-state index in [1.165, 1.54) is 17.4 Å². The van der Waals surface area contributed by atoms with Crippen LogP contribution in [0.1, 0.15) is 40.1 Å². The number of para-hydroxylation sites is 1. The zero-order chi connectivity index (χ0) is 15.9. The Morgan fingerprint density at radius 2 is 2.18 bits per heavy atom. The van der Waals surface area contributed by atoms with Crippen molar-refractivity contribution < 1.29 is 19.1 Å². The van der Waals surface area contributed by atoms with E-state index in [9.17, 15) is 14.0 Å². The van der Waals surface area contributed by atoms with Crippen molar-refractivity contribution in [1.82, 2.24) is 0 Å². The first-order valence-electron chi connectivity index (χ1n) is 6.85. The van der Waals surface area contributed by atoms with Crippen LogP contribution >= 0.6 is 11.3 Å². The highest BCUT2D eigenvalue weighted by Crippen LogP contribution is 2.42. The van der Waals surface area contributed by atoms with Crippen molar-refractivity contribution in [3.05, 3.63) is 51.5 Å². The highest BCUT2D eigenvalue weighted by atomic mass is 32.1. The van der Waals surface area contributed by atoms with Gasteiger partial charge in [0.15, 0.2) is 5.78 Å². The van der Waals surface area contributed by atoms with E-state index in [1.807, 2.05) is 18.4 Å². The second kappa shape index (κ2) is 5.53. The van der Waals surface area contributed by atoms with Crippen molar-refractivity contribution in [2.24, 2.45) is 0 Å². The first-order chi connectivity index (χ1) is 10.5. The molecule has 2 atom stereocenters. The summed E-state index contributed by atoms with van der Waals surface area (Å²) >= 11 is 1.23. The van der Waals surface area contributed by atoms with Gasteiger partial charge in [-0.05, 0) is 35.6 Å². The van der Waals surface area contributed by atoms with Gasteiger partial charge in [0.05, 0.1) is 10.6 Å². The molecule has 4 nitrogen and oxygen atoms in total. The number of anilines is 1. The number of carboxylic acid groups (broad SMARTS) is 1. The molecule has 2 aromatic rings. The molecule has 0 bridgehead atoms. The first-order valence-corrected chi connectivity index (χ1v) is 7.73. The molecule has 1 aromatic heterocycles. The summed E-state index contributed by atoms with van der Waals surface area (Å²) in [6.07, 6.45) is -0.510. The number of nitrogens with one attached hydrogen (secondary N) is 1. The summed E-state index contributed by atoms with van der Waals surface area (Å²) in [5.41, 5.74) is 2.27.